The first-order valence-electron chi connectivity index (χ1n) is 10.4. The highest BCUT2D eigenvalue weighted by Gasteiger charge is 2.42. The van der Waals surface area contributed by atoms with Gasteiger partial charge in [-0.25, -0.2) is 0 Å². The number of amides is 1. The Morgan fingerprint density at radius 2 is 2.00 bits per heavy atom. The number of hydrogen-bond acceptors (Lipinski definition) is 4. The van der Waals surface area contributed by atoms with Crippen molar-refractivity contribution < 1.29 is 9.53 Å². The first-order valence-corrected chi connectivity index (χ1v) is 10.4. The van der Waals surface area contributed by atoms with E-state index in [1.807, 2.05) is 28.8 Å². The van der Waals surface area contributed by atoms with Crippen LogP contribution in [0.1, 0.15) is 62.4 Å². The minimum Gasteiger partial charge on any atom is -0.375 e. The molecule has 1 spiro atoms. The van der Waals surface area contributed by atoms with Gasteiger partial charge in [0.1, 0.15) is 5.69 Å². The quantitative estimate of drug-likeness (QED) is 0.831. The number of piperidine rings is 2. The van der Waals surface area contributed by atoms with Crippen molar-refractivity contribution in [1.29, 1.82) is 0 Å². The lowest BCUT2D eigenvalue weighted by molar-refractivity contribution is -0.131. The third-order valence-electron chi connectivity index (χ3n) is 6.52. The second kappa shape index (κ2) is 7.69. The van der Waals surface area contributed by atoms with Gasteiger partial charge in [-0.15, -0.1) is 0 Å². The van der Waals surface area contributed by atoms with Crippen molar-refractivity contribution in [2.75, 3.05) is 32.8 Å². The average molecular weight is 361 g/mol. The largest absolute Gasteiger partial charge is 0.375 e. The van der Waals surface area contributed by atoms with E-state index in [4.69, 9.17) is 4.74 Å². The third kappa shape index (κ3) is 3.67. The zero-order valence-corrected chi connectivity index (χ0v) is 16.0. The molecule has 3 fully saturated rings. The van der Waals surface area contributed by atoms with Crippen LogP contribution in [0.5, 0.6) is 0 Å². The van der Waals surface area contributed by atoms with E-state index in [9.17, 15) is 4.79 Å². The van der Waals surface area contributed by atoms with Crippen LogP contribution in [0.3, 0.4) is 0 Å². The predicted octanol–water partition coefficient (Wildman–Crippen LogP) is 2.54. The lowest BCUT2D eigenvalue weighted by Crippen LogP contribution is -2.55. The van der Waals surface area contributed by atoms with E-state index in [0.29, 0.717) is 11.7 Å². The number of aromatic nitrogens is 2. The van der Waals surface area contributed by atoms with Crippen LogP contribution < -0.4 is 0 Å². The molecule has 1 atom stereocenters. The third-order valence-corrected chi connectivity index (χ3v) is 6.52. The molecule has 3 saturated heterocycles. The molecule has 3 aliphatic rings. The molecule has 144 valence electrons. The fourth-order valence-electron chi connectivity index (χ4n) is 4.88. The highest BCUT2D eigenvalue weighted by Crippen LogP contribution is 2.37. The van der Waals surface area contributed by atoms with E-state index in [2.05, 4.69) is 10.00 Å². The summed E-state index contributed by atoms with van der Waals surface area (Å²) in [6.45, 7) is 7.77. The van der Waals surface area contributed by atoms with Gasteiger partial charge in [0.25, 0.3) is 5.91 Å². The SMILES string of the molecule is CCn1ccc(C(=O)N2CCC3(CC2)CC(N2CCCCC2)CCO3)n1. The van der Waals surface area contributed by atoms with Gasteiger partial charge in [0.2, 0.25) is 0 Å². The number of hydrogen-bond donors (Lipinski definition) is 0. The molecule has 0 saturated carbocycles. The first kappa shape index (κ1) is 18.0. The summed E-state index contributed by atoms with van der Waals surface area (Å²) in [5, 5.41) is 4.37. The van der Waals surface area contributed by atoms with Crippen molar-refractivity contribution in [3.8, 4) is 0 Å². The maximum atomic E-state index is 12.7. The molecule has 1 aromatic heterocycles. The number of carbonyl (C=O) groups excluding carboxylic acids is 1. The zero-order valence-electron chi connectivity index (χ0n) is 16.0. The normalized spacial score (nSPS) is 27.0. The molecule has 0 aliphatic carbocycles. The van der Waals surface area contributed by atoms with Gasteiger partial charge >= 0.3 is 0 Å². The van der Waals surface area contributed by atoms with Crippen molar-refractivity contribution >= 4 is 5.91 Å². The molecule has 0 bridgehead atoms. The summed E-state index contributed by atoms with van der Waals surface area (Å²) in [5.74, 6) is 0.0652. The van der Waals surface area contributed by atoms with Gasteiger partial charge in [-0.05, 0) is 64.6 Å². The van der Waals surface area contributed by atoms with Crippen LogP contribution in [0.4, 0.5) is 0 Å². The van der Waals surface area contributed by atoms with Crippen LogP contribution in [0.2, 0.25) is 0 Å². The van der Waals surface area contributed by atoms with Gasteiger partial charge < -0.3 is 14.5 Å². The lowest BCUT2D eigenvalue weighted by atomic mass is 9.81. The van der Waals surface area contributed by atoms with Crippen molar-refractivity contribution in [2.45, 2.75) is 70.1 Å². The van der Waals surface area contributed by atoms with Crippen LogP contribution >= 0.6 is 0 Å². The molecule has 0 radical (unpaired) electrons. The molecule has 4 rings (SSSR count). The van der Waals surface area contributed by atoms with Crippen LogP contribution in [0, 0.1) is 0 Å². The fourth-order valence-corrected chi connectivity index (χ4v) is 4.88. The Hall–Kier alpha value is -1.40. The van der Waals surface area contributed by atoms with Crippen LogP contribution in [0.25, 0.3) is 0 Å². The summed E-state index contributed by atoms with van der Waals surface area (Å²) >= 11 is 0. The van der Waals surface area contributed by atoms with Crippen LogP contribution in [-0.4, -0.2) is 69.9 Å². The van der Waals surface area contributed by atoms with Crippen molar-refractivity contribution in [2.24, 2.45) is 0 Å². The fraction of sp³-hybridized carbons (Fsp3) is 0.800. The Bertz CT molecular complexity index is 615. The summed E-state index contributed by atoms with van der Waals surface area (Å²) in [5.41, 5.74) is 0.554. The minimum atomic E-state index is -0.0140. The number of ether oxygens (including phenoxy) is 1. The molecule has 1 amide bonds. The van der Waals surface area contributed by atoms with Crippen molar-refractivity contribution in [3.05, 3.63) is 18.0 Å². The van der Waals surface area contributed by atoms with Crippen molar-refractivity contribution in [3.63, 3.8) is 0 Å². The smallest absolute Gasteiger partial charge is 0.274 e. The van der Waals surface area contributed by atoms with E-state index in [1.165, 1.54) is 38.8 Å². The summed E-state index contributed by atoms with van der Waals surface area (Å²) < 4.78 is 8.11. The summed E-state index contributed by atoms with van der Waals surface area (Å²) in [6, 6.07) is 2.51. The van der Waals surface area contributed by atoms with Crippen LogP contribution in [-0.2, 0) is 11.3 Å². The van der Waals surface area contributed by atoms with Gasteiger partial charge in [0.15, 0.2) is 0 Å². The van der Waals surface area contributed by atoms with Gasteiger partial charge in [0, 0.05) is 38.5 Å². The second-order valence-electron chi connectivity index (χ2n) is 8.12. The Labute approximate surface area is 156 Å². The summed E-state index contributed by atoms with van der Waals surface area (Å²) in [6.07, 6.45) is 10.2. The molecule has 0 N–H and O–H groups in total. The topological polar surface area (TPSA) is 50.6 Å². The highest BCUT2D eigenvalue weighted by atomic mass is 16.5. The summed E-state index contributed by atoms with van der Waals surface area (Å²) in [4.78, 5) is 17.4. The number of rotatable bonds is 3. The zero-order chi connectivity index (χ0) is 18.0. The molecule has 6 heteroatoms. The molecule has 4 heterocycles. The molecule has 1 aromatic rings. The summed E-state index contributed by atoms with van der Waals surface area (Å²) in [7, 11) is 0. The van der Waals surface area contributed by atoms with Gasteiger partial charge in [-0.2, -0.15) is 5.10 Å². The first-order chi connectivity index (χ1) is 12.7. The van der Waals surface area contributed by atoms with E-state index in [1.54, 1.807) is 0 Å². The molecule has 26 heavy (non-hydrogen) atoms. The molecule has 1 unspecified atom stereocenters. The highest BCUT2D eigenvalue weighted by molar-refractivity contribution is 5.92. The molecule has 3 aliphatic heterocycles. The van der Waals surface area contributed by atoms with Gasteiger partial charge in [0.05, 0.1) is 5.60 Å². The van der Waals surface area contributed by atoms with E-state index in [0.717, 1.165) is 45.5 Å². The Morgan fingerprint density at radius 3 is 2.69 bits per heavy atom. The number of carbonyl (C=O) groups is 1. The maximum Gasteiger partial charge on any atom is 0.274 e. The van der Waals surface area contributed by atoms with Gasteiger partial charge in [-0.1, -0.05) is 6.42 Å². The molecular formula is C20H32N4O2. The predicted molar refractivity (Wildman–Crippen MR) is 100 cm³/mol. The Morgan fingerprint density at radius 1 is 1.23 bits per heavy atom. The number of aryl methyl sites for hydroxylation is 1. The van der Waals surface area contributed by atoms with E-state index < -0.39 is 0 Å². The Balaban J connectivity index is 1.35. The Kier molecular flexibility index (Phi) is 5.32. The molecular weight excluding hydrogens is 328 g/mol. The van der Waals surface area contributed by atoms with Crippen molar-refractivity contribution in [1.82, 2.24) is 19.6 Å². The lowest BCUT2D eigenvalue weighted by Gasteiger charge is -2.49. The average Bonchev–Trinajstić information content (AvgIpc) is 3.18. The number of nitrogens with zero attached hydrogens (tertiary/aromatic N) is 4. The molecule has 6 nitrogen and oxygen atoms in total. The monoisotopic (exact) mass is 360 g/mol. The standard InChI is InChI=1S/C20H32N4O2/c1-2-24-12-6-18(21-24)19(25)23-13-8-20(9-14-23)16-17(7-15-26-20)22-10-4-3-5-11-22/h6,12,17H,2-5,7-11,13-16H2,1H3. The maximum absolute atomic E-state index is 12.7. The molecule has 0 aromatic carbocycles. The van der Waals surface area contributed by atoms with Gasteiger partial charge in [-0.3, -0.25) is 9.48 Å². The minimum absolute atomic E-state index is 0.0140. The van der Waals surface area contributed by atoms with E-state index in [-0.39, 0.29) is 11.5 Å². The second-order valence-corrected chi connectivity index (χ2v) is 8.12. The van der Waals surface area contributed by atoms with E-state index >= 15 is 0 Å². The number of likely N-dealkylation sites (tertiary alicyclic amines) is 2. The van der Waals surface area contributed by atoms with Crippen LogP contribution in [0.15, 0.2) is 12.3 Å².